The van der Waals surface area contributed by atoms with Gasteiger partial charge in [0.25, 0.3) is 5.91 Å². The van der Waals surface area contributed by atoms with Crippen LogP contribution in [0, 0.1) is 12.8 Å². The molecule has 192 valence electrons. The number of fused-ring (bicyclic) bond motifs is 7. The third kappa shape index (κ3) is 2.55. The molecule has 3 aromatic rings. The van der Waals surface area contributed by atoms with Crippen molar-refractivity contribution in [3.8, 4) is 5.75 Å². The second-order valence-electron chi connectivity index (χ2n) is 10.6. The lowest BCUT2D eigenvalue weighted by molar-refractivity contribution is -0.137. The van der Waals surface area contributed by atoms with Crippen molar-refractivity contribution in [3.05, 3.63) is 89.0 Å². The number of benzene rings is 3. The molecule has 4 atom stereocenters. The molecule has 7 nitrogen and oxygen atoms in total. The molecule has 38 heavy (non-hydrogen) atoms. The number of ketones is 1. The van der Waals surface area contributed by atoms with Crippen LogP contribution in [-0.4, -0.2) is 41.7 Å². The third-order valence-corrected chi connectivity index (χ3v) is 9.07. The minimum absolute atomic E-state index is 0.163. The summed E-state index contributed by atoms with van der Waals surface area (Å²) in [5, 5.41) is 6.23. The van der Waals surface area contributed by atoms with E-state index in [1.165, 1.54) is 0 Å². The number of carbonyl (C=O) groups excluding carboxylic acids is 3. The molecular formula is C31H29N3O4. The summed E-state index contributed by atoms with van der Waals surface area (Å²) in [4.78, 5) is 46.0. The topological polar surface area (TPSA) is 87.7 Å². The van der Waals surface area contributed by atoms with E-state index in [2.05, 4.69) is 15.5 Å². The summed E-state index contributed by atoms with van der Waals surface area (Å²) >= 11 is 0. The number of para-hydroxylation sites is 3. The van der Waals surface area contributed by atoms with Gasteiger partial charge in [0.15, 0.2) is 5.78 Å². The Morgan fingerprint density at radius 2 is 1.74 bits per heavy atom. The summed E-state index contributed by atoms with van der Waals surface area (Å²) in [5.74, 6) is -0.991. The first-order valence-electron chi connectivity index (χ1n) is 13.3. The number of amides is 2. The van der Waals surface area contributed by atoms with E-state index in [4.69, 9.17) is 4.74 Å². The SMILES string of the molecule is CCOc1ccccc1C(=O)[C@@H]1[C@@H]2CCCN2[C@]2(C(=O)Nc3c(C)cccc32)[C@]12C(=O)Nc1ccccc12. The Hall–Kier alpha value is -3.97. The normalized spacial score (nSPS) is 28.8. The lowest BCUT2D eigenvalue weighted by Gasteiger charge is -2.43. The van der Waals surface area contributed by atoms with Gasteiger partial charge in [0.2, 0.25) is 5.91 Å². The second kappa shape index (κ2) is 8.01. The van der Waals surface area contributed by atoms with Crippen LogP contribution >= 0.6 is 0 Å². The highest BCUT2D eigenvalue weighted by Crippen LogP contribution is 2.68. The minimum atomic E-state index is -1.45. The van der Waals surface area contributed by atoms with E-state index < -0.39 is 16.9 Å². The van der Waals surface area contributed by atoms with Crippen molar-refractivity contribution < 1.29 is 19.1 Å². The average Bonchev–Trinajstić information content (AvgIpc) is 3.64. The maximum absolute atomic E-state index is 14.8. The molecule has 0 unspecified atom stereocenters. The highest BCUT2D eigenvalue weighted by Gasteiger charge is 2.81. The molecule has 0 bridgehead atoms. The van der Waals surface area contributed by atoms with Crippen molar-refractivity contribution in [2.45, 2.75) is 43.7 Å². The molecule has 2 fully saturated rings. The van der Waals surface area contributed by atoms with Crippen LogP contribution in [0.3, 0.4) is 0 Å². The molecule has 4 heterocycles. The van der Waals surface area contributed by atoms with Crippen molar-refractivity contribution in [2.75, 3.05) is 23.8 Å². The number of rotatable bonds is 4. The maximum atomic E-state index is 14.8. The van der Waals surface area contributed by atoms with Gasteiger partial charge in [-0.1, -0.05) is 48.5 Å². The van der Waals surface area contributed by atoms with Gasteiger partial charge in [-0.3, -0.25) is 19.3 Å². The maximum Gasteiger partial charge on any atom is 0.251 e. The van der Waals surface area contributed by atoms with Crippen LogP contribution in [0.4, 0.5) is 11.4 Å². The number of carbonyl (C=O) groups is 3. The highest BCUT2D eigenvalue weighted by atomic mass is 16.5. The molecule has 3 aromatic carbocycles. The van der Waals surface area contributed by atoms with Gasteiger partial charge >= 0.3 is 0 Å². The summed E-state index contributed by atoms with van der Waals surface area (Å²) in [7, 11) is 0. The van der Waals surface area contributed by atoms with E-state index in [9.17, 15) is 14.4 Å². The van der Waals surface area contributed by atoms with E-state index >= 15 is 0 Å². The minimum Gasteiger partial charge on any atom is -0.493 e. The Labute approximate surface area is 221 Å². The summed E-state index contributed by atoms with van der Waals surface area (Å²) in [6.07, 6.45) is 1.57. The molecule has 2 N–H and O–H groups in total. The number of anilines is 2. The highest BCUT2D eigenvalue weighted by molar-refractivity contribution is 6.21. The van der Waals surface area contributed by atoms with Crippen molar-refractivity contribution >= 4 is 29.0 Å². The predicted octanol–water partition coefficient (Wildman–Crippen LogP) is 4.41. The number of ether oxygens (including phenoxy) is 1. The first kappa shape index (κ1) is 23.2. The molecule has 0 saturated carbocycles. The Balaban J connectivity index is 1.58. The third-order valence-electron chi connectivity index (χ3n) is 9.07. The van der Waals surface area contributed by atoms with Gasteiger partial charge in [-0.05, 0) is 62.6 Å². The number of Topliss-reactive ketones (excluding diaryl/α,β-unsaturated/α-hetero) is 1. The first-order chi connectivity index (χ1) is 18.5. The largest absolute Gasteiger partial charge is 0.493 e. The van der Waals surface area contributed by atoms with Gasteiger partial charge in [-0.2, -0.15) is 0 Å². The number of aryl methyl sites for hydroxylation is 1. The van der Waals surface area contributed by atoms with Gasteiger partial charge < -0.3 is 15.4 Å². The first-order valence-corrected chi connectivity index (χ1v) is 13.3. The van der Waals surface area contributed by atoms with Crippen molar-refractivity contribution in [2.24, 2.45) is 5.92 Å². The second-order valence-corrected chi connectivity index (χ2v) is 10.6. The number of nitrogens with zero attached hydrogens (tertiary/aromatic N) is 1. The number of nitrogens with one attached hydrogen (secondary N) is 2. The van der Waals surface area contributed by atoms with Gasteiger partial charge in [0.05, 0.1) is 18.1 Å². The summed E-state index contributed by atoms with van der Waals surface area (Å²) in [6.45, 7) is 4.89. The van der Waals surface area contributed by atoms with E-state index in [0.29, 0.717) is 35.7 Å². The number of hydrogen-bond donors (Lipinski definition) is 2. The van der Waals surface area contributed by atoms with Crippen molar-refractivity contribution in [3.63, 3.8) is 0 Å². The van der Waals surface area contributed by atoms with Crippen LogP contribution in [0.15, 0.2) is 66.7 Å². The van der Waals surface area contributed by atoms with E-state index in [1.54, 1.807) is 12.1 Å². The zero-order valence-corrected chi connectivity index (χ0v) is 21.4. The Kier molecular flexibility index (Phi) is 4.89. The van der Waals surface area contributed by atoms with E-state index in [-0.39, 0.29) is 23.6 Å². The zero-order chi connectivity index (χ0) is 26.2. The molecule has 4 aliphatic rings. The van der Waals surface area contributed by atoms with Crippen LogP contribution in [0.1, 0.15) is 46.8 Å². The Morgan fingerprint density at radius 1 is 0.974 bits per heavy atom. The Bertz CT molecular complexity index is 1530. The van der Waals surface area contributed by atoms with Gasteiger partial charge in [-0.25, -0.2) is 0 Å². The van der Waals surface area contributed by atoms with Crippen molar-refractivity contribution in [1.29, 1.82) is 0 Å². The molecule has 2 spiro atoms. The fourth-order valence-electron chi connectivity index (χ4n) is 7.87. The zero-order valence-electron chi connectivity index (χ0n) is 21.4. The predicted molar refractivity (Wildman–Crippen MR) is 143 cm³/mol. The van der Waals surface area contributed by atoms with Crippen LogP contribution in [0.2, 0.25) is 0 Å². The van der Waals surface area contributed by atoms with Gasteiger partial charge in [0.1, 0.15) is 16.7 Å². The molecule has 0 radical (unpaired) electrons. The summed E-state index contributed by atoms with van der Waals surface area (Å²) < 4.78 is 5.87. The smallest absolute Gasteiger partial charge is 0.251 e. The van der Waals surface area contributed by atoms with E-state index in [0.717, 1.165) is 29.7 Å². The Morgan fingerprint density at radius 3 is 2.58 bits per heavy atom. The molecule has 2 saturated heterocycles. The lowest BCUT2D eigenvalue weighted by atomic mass is 9.57. The molecular weight excluding hydrogens is 478 g/mol. The average molecular weight is 508 g/mol. The fourth-order valence-corrected chi connectivity index (χ4v) is 7.87. The van der Waals surface area contributed by atoms with Crippen molar-refractivity contribution in [1.82, 2.24) is 4.90 Å². The van der Waals surface area contributed by atoms with Crippen LogP contribution < -0.4 is 15.4 Å². The monoisotopic (exact) mass is 507 g/mol. The fraction of sp³-hybridized carbons (Fsp3) is 0.323. The lowest BCUT2D eigenvalue weighted by Crippen LogP contribution is -2.62. The summed E-state index contributed by atoms with van der Waals surface area (Å²) in [5.41, 5.74) is 1.45. The quantitative estimate of drug-likeness (QED) is 0.511. The molecule has 7 heteroatoms. The summed E-state index contributed by atoms with van der Waals surface area (Å²) in [6, 6.07) is 20.3. The van der Waals surface area contributed by atoms with Crippen LogP contribution in [0.25, 0.3) is 0 Å². The van der Waals surface area contributed by atoms with Crippen LogP contribution in [0.5, 0.6) is 5.75 Å². The van der Waals surface area contributed by atoms with Crippen LogP contribution in [-0.2, 0) is 20.5 Å². The number of hydrogen-bond acceptors (Lipinski definition) is 5. The standard InChI is InChI=1S/C31H29N3O4/c1-3-38-24-16-7-4-11-19(24)27(35)25-23-15-9-17-34(23)31(21-13-8-10-18(2)26(21)33-29(31)37)30(25)20-12-5-6-14-22(20)32-28(30)36/h4-8,10-14,16,23,25H,3,9,15,17H2,1-2H3,(H,32,36)(H,33,37)/t23-,25-,30-,31+/m0/s1. The van der Waals surface area contributed by atoms with Gasteiger partial charge in [-0.15, -0.1) is 0 Å². The molecule has 0 aromatic heterocycles. The van der Waals surface area contributed by atoms with E-state index in [1.807, 2.05) is 68.4 Å². The molecule has 2 amide bonds. The molecule has 0 aliphatic carbocycles. The molecule has 4 aliphatic heterocycles. The van der Waals surface area contributed by atoms with Gasteiger partial charge in [0, 0.05) is 23.0 Å². The molecule has 7 rings (SSSR count).